The summed E-state index contributed by atoms with van der Waals surface area (Å²) in [6.45, 7) is 9.01. The number of aromatic nitrogens is 3. The van der Waals surface area contributed by atoms with E-state index >= 15 is 0 Å². The predicted molar refractivity (Wildman–Crippen MR) is 126 cm³/mol. The Bertz CT molecular complexity index is 1230. The van der Waals surface area contributed by atoms with E-state index in [9.17, 15) is 14.7 Å². The summed E-state index contributed by atoms with van der Waals surface area (Å²) in [6, 6.07) is 5.30. The maximum absolute atomic E-state index is 13.3. The Morgan fingerprint density at radius 2 is 1.85 bits per heavy atom. The van der Waals surface area contributed by atoms with Crippen molar-refractivity contribution in [3.63, 3.8) is 0 Å². The number of imidazole rings is 1. The van der Waals surface area contributed by atoms with Crippen LogP contribution in [0.3, 0.4) is 0 Å². The van der Waals surface area contributed by atoms with Gasteiger partial charge in [0, 0.05) is 23.4 Å². The Kier molecular flexibility index (Phi) is 6.99. The van der Waals surface area contributed by atoms with Crippen LogP contribution in [0.2, 0.25) is 0 Å². The molecule has 0 saturated carbocycles. The number of methoxy groups -OCH3 is 2. The van der Waals surface area contributed by atoms with Crippen molar-refractivity contribution < 1.29 is 28.9 Å². The van der Waals surface area contributed by atoms with Crippen LogP contribution in [-0.4, -0.2) is 51.4 Å². The van der Waals surface area contributed by atoms with Gasteiger partial charge in [0.2, 0.25) is 5.78 Å². The molecule has 0 aliphatic rings. The first-order chi connectivity index (χ1) is 16.0. The van der Waals surface area contributed by atoms with Gasteiger partial charge in [0.15, 0.2) is 5.69 Å². The van der Waals surface area contributed by atoms with Gasteiger partial charge in [0.05, 0.1) is 26.5 Å². The molecule has 3 aromatic rings. The maximum Gasteiger partial charge on any atom is 0.416 e. The third-order valence-corrected chi connectivity index (χ3v) is 5.08. The van der Waals surface area contributed by atoms with Gasteiger partial charge in [-0.25, -0.2) is 14.6 Å². The fourth-order valence-electron chi connectivity index (χ4n) is 3.54. The van der Waals surface area contributed by atoms with Gasteiger partial charge in [-0.05, 0) is 46.2 Å². The number of amides is 1. The second-order valence-electron chi connectivity index (χ2n) is 8.73. The summed E-state index contributed by atoms with van der Waals surface area (Å²) < 4.78 is 17.9. The van der Waals surface area contributed by atoms with Crippen LogP contribution in [0.4, 0.5) is 10.6 Å². The van der Waals surface area contributed by atoms with E-state index in [2.05, 4.69) is 9.97 Å². The van der Waals surface area contributed by atoms with Gasteiger partial charge in [-0.15, -0.1) is 0 Å². The molecule has 1 aromatic carbocycles. The molecule has 10 heteroatoms. The van der Waals surface area contributed by atoms with Crippen molar-refractivity contribution in [2.45, 2.75) is 53.2 Å². The molecule has 10 nitrogen and oxygen atoms in total. The number of fused-ring (bicyclic) bond motifs is 1. The number of carboxylic acid groups (broad SMARTS) is 1. The van der Waals surface area contributed by atoms with Gasteiger partial charge in [0.1, 0.15) is 22.9 Å². The molecule has 1 amide bonds. The maximum atomic E-state index is 13.3. The summed E-state index contributed by atoms with van der Waals surface area (Å²) in [7, 11) is 3.10. The summed E-state index contributed by atoms with van der Waals surface area (Å²) in [5, 5.41) is 9.67. The molecule has 0 bridgehead atoms. The van der Waals surface area contributed by atoms with Crippen molar-refractivity contribution in [1.82, 2.24) is 14.4 Å². The normalized spacial score (nSPS) is 11.4. The standard InChI is InChI=1S/C24H30N4O6/c1-8-17-19(21(29)30)27-12-14(2)20(26-22(27)25-17)28(23(31)34-24(3,4)5)13-15-9-10-16(32-6)11-18(15)33-7/h9-12H,8,13H2,1-7H3,(H,29,30). The quantitative estimate of drug-likeness (QED) is 0.545. The Labute approximate surface area is 198 Å². The number of hydrogen-bond donors (Lipinski definition) is 1. The van der Waals surface area contributed by atoms with E-state index in [4.69, 9.17) is 14.2 Å². The van der Waals surface area contributed by atoms with Crippen LogP contribution < -0.4 is 14.4 Å². The molecule has 34 heavy (non-hydrogen) atoms. The number of carbonyl (C=O) groups is 2. The highest BCUT2D eigenvalue weighted by Gasteiger charge is 2.28. The highest BCUT2D eigenvalue weighted by molar-refractivity contribution is 5.90. The average Bonchev–Trinajstić information content (AvgIpc) is 3.13. The fourth-order valence-corrected chi connectivity index (χ4v) is 3.54. The van der Waals surface area contributed by atoms with Gasteiger partial charge < -0.3 is 19.3 Å². The summed E-state index contributed by atoms with van der Waals surface area (Å²) in [5.41, 5.74) is 1.01. The molecule has 2 heterocycles. The largest absolute Gasteiger partial charge is 0.497 e. The lowest BCUT2D eigenvalue weighted by Crippen LogP contribution is -2.37. The predicted octanol–water partition coefficient (Wildman–Crippen LogP) is 4.26. The van der Waals surface area contributed by atoms with Crippen LogP contribution in [0.1, 0.15) is 55.0 Å². The molecule has 1 N–H and O–H groups in total. The number of carboxylic acids is 1. The fraction of sp³-hybridized carbons (Fsp3) is 0.417. The number of ether oxygens (including phenoxy) is 3. The van der Waals surface area contributed by atoms with Crippen LogP contribution >= 0.6 is 0 Å². The lowest BCUT2D eigenvalue weighted by molar-refractivity contribution is 0.0574. The summed E-state index contributed by atoms with van der Waals surface area (Å²) in [4.78, 5) is 35.5. The van der Waals surface area contributed by atoms with Crippen molar-refractivity contribution in [1.29, 1.82) is 0 Å². The smallest absolute Gasteiger partial charge is 0.416 e. The Balaban J connectivity index is 2.16. The topological polar surface area (TPSA) is 115 Å². The molecule has 3 rings (SSSR count). The molecule has 0 radical (unpaired) electrons. The van der Waals surface area contributed by atoms with Crippen molar-refractivity contribution in [3.8, 4) is 11.5 Å². The lowest BCUT2D eigenvalue weighted by Gasteiger charge is -2.28. The molecule has 0 unspecified atom stereocenters. The molecule has 0 saturated heterocycles. The number of aryl methyl sites for hydroxylation is 2. The minimum atomic E-state index is -1.09. The number of anilines is 1. The third-order valence-electron chi connectivity index (χ3n) is 5.08. The molecule has 0 spiro atoms. The zero-order valence-electron chi connectivity index (χ0n) is 20.5. The zero-order chi connectivity index (χ0) is 25.2. The molecule has 0 aliphatic carbocycles. The first kappa shape index (κ1) is 24.8. The number of rotatable bonds is 7. The number of benzene rings is 1. The number of nitrogens with zero attached hydrogens (tertiary/aromatic N) is 4. The molecule has 182 valence electrons. The average molecular weight is 471 g/mol. The van der Waals surface area contributed by atoms with Gasteiger partial charge in [0.25, 0.3) is 0 Å². The molecule has 2 aromatic heterocycles. The molecule has 0 atom stereocenters. The second-order valence-corrected chi connectivity index (χ2v) is 8.73. The highest BCUT2D eigenvalue weighted by atomic mass is 16.6. The van der Waals surface area contributed by atoms with E-state index in [1.54, 1.807) is 59.2 Å². The van der Waals surface area contributed by atoms with Gasteiger partial charge in [-0.3, -0.25) is 9.30 Å². The molecular formula is C24H30N4O6. The molecular weight excluding hydrogens is 440 g/mol. The minimum absolute atomic E-state index is 0.0558. The summed E-state index contributed by atoms with van der Waals surface area (Å²) in [6.07, 6.45) is 1.44. The van der Waals surface area contributed by atoms with Crippen LogP contribution in [0.15, 0.2) is 24.4 Å². The van der Waals surface area contributed by atoms with Crippen LogP contribution in [-0.2, 0) is 17.7 Å². The van der Waals surface area contributed by atoms with E-state index < -0.39 is 17.7 Å². The molecule has 0 fully saturated rings. The first-order valence-corrected chi connectivity index (χ1v) is 10.8. The van der Waals surface area contributed by atoms with Crippen LogP contribution in [0.25, 0.3) is 5.78 Å². The minimum Gasteiger partial charge on any atom is -0.497 e. The Morgan fingerprint density at radius 3 is 2.41 bits per heavy atom. The Hall–Kier alpha value is -3.82. The van der Waals surface area contributed by atoms with E-state index in [1.807, 2.05) is 6.92 Å². The summed E-state index contributed by atoms with van der Waals surface area (Å²) >= 11 is 0. The second kappa shape index (κ2) is 9.58. The number of aromatic carboxylic acids is 1. The van der Waals surface area contributed by atoms with Crippen molar-refractivity contribution in [3.05, 3.63) is 46.9 Å². The highest BCUT2D eigenvalue weighted by Crippen LogP contribution is 2.30. The van der Waals surface area contributed by atoms with E-state index in [0.29, 0.717) is 40.6 Å². The van der Waals surface area contributed by atoms with Crippen molar-refractivity contribution in [2.75, 3.05) is 19.1 Å². The van der Waals surface area contributed by atoms with Gasteiger partial charge in [-0.2, -0.15) is 4.98 Å². The zero-order valence-corrected chi connectivity index (χ0v) is 20.5. The Morgan fingerprint density at radius 1 is 1.15 bits per heavy atom. The SMILES string of the molecule is CCc1nc2nc(N(Cc3ccc(OC)cc3OC)C(=O)OC(C)(C)C)c(C)cn2c1C(=O)O. The molecule has 0 aliphatic heterocycles. The van der Waals surface area contributed by atoms with Gasteiger partial charge >= 0.3 is 12.1 Å². The van der Waals surface area contributed by atoms with Crippen molar-refractivity contribution in [2.24, 2.45) is 0 Å². The number of carbonyl (C=O) groups excluding carboxylic acids is 1. The van der Waals surface area contributed by atoms with E-state index in [1.165, 1.54) is 16.4 Å². The van der Waals surface area contributed by atoms with E-state index in [0.717, 1.165) is 0 Å². The first-order valence-electron chi connectivity index (χ1n) is 10.8. The summed E-state index contributed by atoms with van der Waals surface area (Å²) in [5.74, 6) is 0.555. The third kappa shape index (κ3) is 5.05. The van der Waals surface area contributed by atoms with Crippen LogP contribution in [0, 0.1) is 6.92 Å². The van der Waals surface area contributed by atoms with Crippen molar-refractivity contribution >= 4 is 23.7 Å². The van der Waals surface area contributed by atoms with Crippen LogP contribution in [0.5, 0.6) is 11.5 Å². The monoisotopic (exact) mass is 470 g/mol. The van der Waals surface area contributed by atoms with Gasteiger partial charge in [-0.1, -0.05) is 6.92 Å². The van der Waals surface area contributed by atoms with E-state index in [-0.39, 0.29) is 18.0 Å². The number of hydrogen-bond acceptors (Lipinski definition) is 7. The lowest BCUT2D eigenvalue weighted by atomic mass is 10.1.